The average molecular weight is 634 g/mol. The third-order valence-electron chi connectivity index (χ3n) is 10.1. The number of para-hydroxylation sites is 1. The Morgan fingerprint density at radius 1 is 0.367 bits per heavy atom. The molecule has 0 amide bonds. The first kappa shape index (κ1) is 30.9. The molecule has 0 radical (unpaired) electrons. The molecular weight excluding hydrogens is 591 g/mol. The van der Waals surface area contributed by atoms with Crippen molar-refractivity contribution in [2.75, 3.05) is 4.90 Å². The molecule has 1 heteroatoms. The lowest BCUT2D eigenvalue weighted by atomic mass is 9.81. The highest BCUT2D eigenvalue weighted by atomic mass is 15.1. The first-order valence-electron chi connectivity index (χ1n) is 17.4. The van der Waals surface area contributed by atoms with Crippen LogP contribution in [0.25, 0.3) is 54.2 Å². The van der Waals surface area contributed by atoms with E-state index in [2.05, 4.69) is 198 Å². The highest BCUT2D eigenvalue weighted by Gasteiger charge is 2.26. The molecule has 8 aromatic carbocycles. The Kier molecular flexibility index (Phi) is 7.34. The number of fused-ring (bicyclic) bond motifs is 4. The van der Waals surface area contributed by atoms with Gasteiger partial charge in [-0.1, -0.05) is 151 Å². The molecule has 0 saturated carbocycles. The SMILES string of the molecule is CC(C)(C)c1ccc2c(N(c3ccccc3)c3ccc4ccccc4c3)c3cc(C(C)(C)C)ccc3c(-c3ccc4ccccc4c3)c2c1. The van der Waals surface area contributed by atoms with E-state index in [9.17, 15) is 0 Å². The van der Waals surface area contributed by atoms with Crippen LogP contribution >= 0.6 is 0 Å². The number of anilines is 3. The van der Waals surface area contributed by atoms with E-state index in [0.717, 1.165) is 11.4 Å². The first-order valence-corrected chi connectivity index (χ1v) is 17.4. The van der Waals surface area contributed by atoms with Gasteiger partial charge in [-0.2, -0.15) is 0 Å². The van der Waals surface area contributed by atoms with Crippen LogP contribution in [0.1, 0.15) is 52.7 Å². The molecule has 0 saturated heterocycles. The van der Waals surface area contributed by atoms with Gasteiger partial charge in [-0.15, -0.1) is 0 Å². The lowest BCUT2D eigenvalue weighted by molar-refractivity contribution is 0.590. The Morgan fingerprint density at radius 3 is 1.53 bits per heavy atom. The summed E-state index contributed by atoms with van der Waals surface area (Å²) in [6.45, 7) is 13.9. The molecule has 0 atom stereocenters. The van der Waals surface area contributed by atoms with Gasteiger partial charge in [-0.05, 0) is 108 Å². The highest BCUT2D eigenvalue weighted by molar-refractivity contribution is 6.23. The normalized spacial score (nSPS) is 12.3. The van der Waals surface area contributed by atoms with E-state index in [4.69, 9.17) is 0 Å². The Hall–Kier alpha value is -5.40. The lowest BCUT2D eigenvalue weighted by Crippen LogP contribution is -2.14. The lowest BCUT2D eigenvalue weighted by Gasteiger charge is -2.31. The first-order chi connectivity index (χ1) is 23.6. The van der Waals surface area contributed by atoms with Gasteiger partial charge in [0.05, 0.1) is 5.69 Å². The van der Waals surface area contributed by atoms with Crippen molar-refractivity contribution < 1.29 is 0 Å². The maximum absolute atomic E-state index is 2.49. The van der Waals surface area contributed by atoms with Crippen LogP contribution in [0.4, 0.5) is 17.1 Å². The summed E-state index contributed by atoms with van der Waals surface area (Å²) in [5, 5.41) is 10.0. The van der Waals surface area contributed by atoms with Crippen molar-refractivity contribution in [2.24, 2.45) is 0 Å². The summed E-state index contributed by atoms with van der Waals surface area (Å²) >= 11 is 0. The van der Waals surface area contributed by atoms with E-state index in [1.165, 1.54) is 71.0 Å². The quantitative estimate of drug-likeness (QED) is 0.174. The zero-order valence-corrected chi connectivity index (χ0v) is 29.4. The molecule has 0 N–H and O–H groups in total. The van der Waals surface area contributed by atoms with Gasteiger partial charge in [0, 0.05) is 22.1 Å². The second-order valence-electron chi connectivity index (χ2n) is 15.5. The Balaban J connectivity index is 1.56. The van der Waals surface area contributed by atoms with Gasteiger partial charge in [0.1, 0.15) is 0 Å². The fourth-order valence-corrected chi connectivity index (χ4v) is 7.34. The molecular formula is C48H43N. The molecule has 8 aromatic rings. The molecule has 8 rings (SSSR count). The summed E-state index contributed by atoms with van der Waals surface area (Å²) in [5.41, 5.74) is 8.66. The fourth-order valence-electron chi connectivity index (χ4n) is 7.34. The van der Waals surface area contributed by atoms with E-state index in [-0.39, 0.29) is 10.8 Å². The third kappa shape index (κ3) is 5.54. The Morgan fingerprint density at radius 2 is 0.898 bits per heavy atom. The number of rotatable bonds is 4. The number of nitrogens with zero attached hydrogens (tertiary/aromatic N) is 1. The van der Waals surface area contributed by atoms with Crippen LogP contribution in [0.2, 0.25) is 0 Å². The second-order valence-corrected chi connectivity index (χ2v) is 15.5. The van der Waals surface area contributed by atoms with Crippen LogP contribution < -0.4 is 4.90 Å². The topological polar surface area (TPSA) is 3.24 Å². The predicted molar refractivity (Wildman–Crippen MR) is 214 cm³/mol. The van der Waals surface area contributed by atoms with Crippen molar-refractivity contribution in [3.8, 4) is 11.1 Å². The maximum atomic E-state index is 2.49. The van der Waals surface area contributed by atoms with Crippen molar-refractivity contribution >= 4 is 60.2 Å². The standard InChI is InChI=1S/C48H43N/c1-47(2,3)37-24-27-42-43(30-37)45(36-21-20-32-14-10-12-16-34(32)28-36)41-26-23-38(48(4,5)6)31-44(41)46(42)49(39-18-8-7-9-19-39)40-25-22-33-15-11-13-17-35(33)29-40/h7-31H,1-6H3. The molecule has 0 aliphatic rings. The molecule has 0 heterocycles. The number of benzene rings is 8. The molecule has 1 nitrogen and oxygen atoms in total. The minimum Gasteiger partial charge on any atom is -0.309 e. The van der Waals surface area contributed by atoms with Crippen molar-refractivity contribution in [3.63, 3.8) is 0 Å². The Labute approximate surface area is 290 Å². The summed E-state index contributed by atoms with van der Waals surface area (Å²) < 4.78 is 0. The van der Waals surface area contributed by atoms with Gasteiger partial charge in [0.25, 0.3) is 0 Å². The number of hydrogen-bond donors (Lipinski definition) is 0. The van der Waals surface area contributed by atoms with E-state index < -0.39 is 0 Å². The van der Waals surface area contributed by atoms with Crippen LogP contribution in [-0.4, -0.2) is 0 Å². The molecule has 0 spiro atoms. The van der Waals surface area contributed by atoms with Gasteiger partial charge >= 0.3 is 0 Å². The van der Waals surface area contributed by atoms with E-state index in [1.54, 1.807) is 0 Å². The predicted octanol–water partition coefficient (Wildman–Crippen LogP) is 14.0. The van der Waals surface area contributed by atoms with Crippen molar-refractivity contribution in [3.05, 3.63) is 163 Å². The van der Waals surface area contributed by atoms with Gasteiger partial charge in [0.2, 0.25) is 0 Å². The van der Waals surface area contributed by atoms with Crippen molar-refractivity contribution in [1.29, 1.82) is 0 Å². The van der Waals surface area contributed by atoms with E-state index >= 15 is 0 Å². The molecule has 0 aliphatic heterocycles. The molecule has 0 aliphatic carbocycles. The van der Waals surface area contributed by atoms with Gasteiger partial charge in [0.15, 0.2) is 0 Å². The largest absolute Gasteiger partial charge is 0.309 e. The monoisotopic (exact) mass is 633 g/mol. The van der Waals surface area contributed by atoms with Crippen LogP contribution in [0.15, 0.2) is 152 Å². The molecule has 0 aromatic heterocycles. The minimum absolute atomic E-state index is 0.00246. The van der Waals surface area contributed by atoms with Gasteiger partial charge in [-0.25, -0.2) is 0 Å². The molecule has 240 valence electrons. The van der Waals surface area contributed by atoms with Crippen molar-refractivity contribution in [1.82, 2.24) is 0 Å². The molecule has 0 bridgehead atoms. The fraction of sp³-hybridized carbons (Fsp3) is 0.167. The smallest absolute Gasteiger partial charge is 0.0618 e. The maximum Gasteiger partial charge on any atom is 0.0618 e. The van der Waals surface area contributed by atoms with Gasteiger partial charge in [-0.3, -0.25) is 0 Å². The van der Waals surface area contributed by atoms with Gasteiger partial charge < -0.3 is 4.90 Å². The van der Waals surface area contributed by atoms with Crippen LogP contribution in [0.3, 0.4) is 0 Å². The summed E-state index contributed by atoms with van der Waals surface area (Å²) in [7, 11) is 0. The zero-order valence-electron chi connectivity index (χ0n) is 29.4. The van der Waals surface area contributed by atoms with Crippen LogP contribution in [0.5, 0.6) is 0 Å². The average Bonchev–Trinajstić information content (AvgIpc) is 3.10. The third-order valence-corrected chi connectivity index (χ3v) is 10.1. The molecule has 49 heavy (non-hydrogen) atoms. The van der Waals surface area contributed by atoms with Crippen LogP contribution in [-0.2, 0) is 10.8 Å². The van der Waals surface area contributed by atoms with E-state index in [1.807, 2.05) is 0 Å². The summed E-state index contributed by atoms with van der Waals surface area (Å²) in [4.78, 5) is 2.49. The minimum atomic E-state index is -0.0137. The summed E-state index contributed by atoms with van der Waals surface area (Å²) in [6.07, 6.45) is 0. The second kappa shape index (κ2) is 11.6. The van der Waals surface area contributed by atoms with Crippen LogP contribution in [0, 0.1) is 0 Å². The number of hydrogen-bond acceptors (Lipinski definition) is 1. The van der Waals surface area contributed by atoms with Crippen molar-refractivity contribution in [2.45, 2.75) is 52.4 Å². The summed E-state index contributed by atoms with van der Waals surface area (Å²) in [5.74, 6) is 0. The van der Waals surface area contributed by atoms with E-state index in [0.29, 0.717) is 0 Å². The molecule has 0 fully saturated rings. The zero-order chi connectivity index (χ0) is 33.9. The Bertz CT molecular complexity index is 2510. The highest BCUT2D eigenvalue weighted by Crippen LogP contribution is 2.50. The summed E-state index contributed by atoms with van der Waals surface area (Å²) in [6, 6.07) is 56.5. The molecule has 0 unspecified atom stereocenters.